The van der Waals surface area contributed by atoms with Crippen LogP contribution in [0.15, 0.2) is 36.4 Å². The number of aromatic nitrogens is 4. The lowest BCUT2D eigenvalue weighted by molar-refractivity contribution is -0.116. The first kappa shape index (κ1) is 17.8. The fourth-order valence-electron chi connectivity index (χ4n) is 4.24. The maximum atomic E-state index is 13.4. The summed E-state index contributed by atoms with van der Waals surface area (Å²) < 4.78 is 15.0. The zero-order chi connectivity index (χ0) is 20.0. The van der Waals surface area contributed by atoms with Crippen LogP contribution in [0.3, 0.4) is 0 Å². The van der Waals surface area contributed by atoms with Gasteiger partial charge in [0.15, 0.2) is 11.6 Å². The number of aryl methyl sites for hydroxylation is 1. The summed E-state index contributed by atoms with van der Waals surface area (Å²) in [6.45, 7) is 3.91. The number of carbonyl (C=O) groups excluding carboxylic acids is 1. The van der Waals surface area contributed by atoms with Crippen molar-refractivity contribution in [1.82, 2.24) is 20.0 Å². The number of hydrogen-bond acceptors (Lipinski definition) is 5. The van der Waals surface area contributed by atoms with Gasteiger partial charge in [-0.1, -0.05) is 12.1 Å². The number of nitrogens with one attached hydrogen (secondary N) is 1. The molecule has 0 radical (unpaired) electrons. The number of anilines is 2. The monoisotopic (exact) mass is 392 g/mol. The molecule has 0 spiro atoms. The summed E-state index contributed by atoms with van der Waals surface area (Å²) in [7, 11) is 0. The van der Waals surface area contributed by atoms with Gasteiger partial charge >= 0.3 is 0 Å². The second kappa shape index (κ2) is 6.95. The molecule has 1 unspecified atom stereocenters. The molecule has 8 heteroatoms. The van der Waals surface area contributed by atoms with E-state index in [9.17, 15) is 9.18 Å². The van der Waals surface area contributed by atoms with Crippen molar-refractivity contribution in [1.29, 1.82) is 0 Å². The maximum Gasteiger partial charge on any atom is 0.226 e. The third kappa shape index (κ3) is 3.14. The number of rotatable bonds is 3. The summed E-state index contributed by atoms with van der Waals surface area (Å²) in [6, 6.07) is 10.1. The molecule has 7 nitrogen and oxygen atoms in total. The van der Waals surface area contributed by atoms with E-state index in [1.165, 1.54) is 25.0 Å². The van der Waals surface area contributed by atoms with Crippen LogP contribution in [0.4, 0.5) is 16.0 Å². The molecule has 5 rings (SSSR count). The van der Waals surface area contributed by atoms with Crippen LogP contribution in [-0.2, 0) is 4.79 Å². The number of benzene rings is 1. The lowest BCUT2D eigenvalue weighted by Crippen LogP contribution is -2.25. The standard InChI is InChI=1S/C21H21FN6O/c1-13-20-16(14-4-6-15(22)7-5-14)12-19(29)23-21(20)28(26-13)18-9-8-17(24-25-18)27-10-2-3-11-27/h4-9,16H,2-3,10-12H2,1H3,(H,23,29). The molecule has 1 atom stereocenters. The minimum Gasteiger partial charge on any atom is -0.355 e. The number of amides is 1. The highest BCUT2D eigenvalue weighted by molar-refractivity contribution is 5.95. The maximum absolute atomic E-state index is 13.4. The van der Waals surface area contributed by atoms with E-state index in [4.69, 9.17) is 0 Å². The fraction of sp³-hybridized carbons (Fsp3) is 0.333. The molecule has 1 amide bonds. The van der Waals surface area contributed by atoms with Gasteiger partial charge in [0.2, 0.25) is 5.91 Å². The average molecular weight is 392 g/mol. The Morgan fingerprint density at radius 1 is 1.03 bits per heavy atom. The summed E-state index contributed by atoms with van der Waals surface area (Å²) in [4.78, 5) is 14.6. The molecule has 3 aromatic rings. The quantitative estimate of drug-likeness (QED) is 0.741. The van der Waals surface area contributed by atoms with Crippen LogP contribution >= 0.6 is 0 Å². The highest BCUT2D eigenvalue weighted by Gasteiger charge is 2.33. The lowest BCUT2D eigenvalue weighted by Gasteiger charge is -2.24. The van der Waals surface area contributed by atoms with Crippen molar-refractivity contribution in [3.05, 3.63) is 59.0 Å². The summed E-state index contributed by atoms with van der Waals surface area (Å²) in [5.41, 5.74) is 2.63. The number of nitrogens with zero attached hydrogens (tertiary/aromatic N) is 5. The number of carbonyl (C=O) groups is 1. The van der Waals surface area contributed by atoms with Crippen LogP contribution in [0.2, 0.25) is 0 Å². The highest BCUT2D eigenvalue weighted by Crippen LogP contribution is 2.40. The first-order chi connectivity index (χ1) is 14.1. The Kier molecular flexibility index (Phi) is 4.26. The van der Waals surface area contributed by atoms with Crippen LogP contribution in [0.25, 0.3) is 5.82 Å². The molecule has 1 saturated heterocycles. The van der Waals surface area contributed by atoms with Crippen molar-refractivity contribution in [3.63, 3.8) is 0 Å². The van der Waals surface area contributed by atoms with Crippen LogP contribution in [0.5, 0.6) is 0 Å². The van der Waals surface area contributed by atoms with Gasteiger partial charge in [-0.2, -0.15) is 9.78 Å². The molecule has 2 aromatic heterocycles. The molecule has 1 N–H and O–H groups in total. The first-order valence-electron chi connectivity index (χ1n) is 9.84. The number of halogens is 1. The molecule has 4 heterocycles. The Bertz CT molecular complexity index is 1050. The van der Waals surface area contributed by atoms with Crippen molar-refractivity contribution >= 4 is 17.5 Å². The Morgan fingerprint density at radius 2 is 1.72 bits per heavy atom. The van der Waals surface area contributed by atoms with E-state index in [-0.39, 0.29) is 17.6 Å². The van der Waals surface area contributed by atoms with Crippen molar-refractivity contribution < 1.29 is 9.18 Å². The third-order valence-electron chi connectivity index (χ3n) is 5.66. The largest absolute Gasteiger partial charge is 0.355 e. The van der Waals surface area contributed by atoms with Crippen molar-refractivity contribution in [2.24, 2.45) is 0 Å². The summed E-state index contributed by atoms with van der Waals surface area (Å²) in [6.07, 6.45) is 2.64. The smallest absolute Gasteiger partial charge is 0.226 e. The average Bonchev–Trinajstić information content (AvgIpc) is 3.37. The molecule has 148 valence electrons. The van der Waals surface area contributed by atoms with Crippen LogP contribution in [0, 0.1) is 12.7 Å². The van der Waals surface area contributed by atoms with Gasteiger partial charge in [0.05, 0.1) is 5.69 Å². The number of hydrogen-bond donors (Lipinski definition) is 1. The van der Waals surface area contributed by atoms with Crippen molar-refractivity contribution in [3.8, 4) is 5.82 Å². The van der Waals surface area contributed by atoms with E-state index < -0.39 is 0 Å². The molecular weight excluding hydrogens is 371 g/mol. The summed E-state index contributed by atoms with van der Waals surface area (Å²) in [5, 5.41) is 16.3. The summed E-state index contributed by atoms with van der Waals surface area (Å²) >= 11 is 0. The van der Waals surface area contributed by atoms with Gasteiger partial charge in [0.1, 0.15) is 11.6 Å². The molecule has 2 aliphatic heterocycles. The van der Waals surface area contributed by atoms with E-state index in [2.05, 4.69) is 25.5 Å². The number of fused-ring (bicyclic) bond motifs is 1. The van der Waals surface area contributed by atoms with Gasteiger partial charge < -0.3 is 10.2 Å². The molecule has 0 aliphatic carbocycles. The van der Waals surface area contributed by atoms with E-state index in [0.717, 1.165) is 35.7 Å². The second-order valence-electron chi connectivity index (χ2n) is 7.56. The van der Waals surface area contributed by atoms with Gasteiger partial charge in [-0.3, -0.25) is 4.79 Å². The minimum absolute atomic E-state index is 0.102. The van der Waals surface area contributed by atoms with Crippen molar-refractivity contribution in [2.75, 3.05) is 23.3 Å². The Labute approximate surface area is 167 Å². The zero-order valence-corrected chi connectivity index (χ0v) is 16.1. The van der Waals surface area contributed by atoms with E-state index in [1.807, 2.05) is 19.1 Å². The molecule has 1 aromatic carbocycles. The second-order valence-corrected chi connectivity index (χ2v) is 7.56. The normalized spacial score (nSPS) is 18.6. The van der Waals surface area contributed by atoms with Gasteiger partial charge in [-0.05, 0) is 49.6 Å². The SMILES string of the molecule is Cc1nn(-c2ccc(N3CCCC3)nn2)c2c1C(c1ccc(F)cc1)CC(=O)N2. The third-order valence-corrected chi connectivity index (χ3v) is 5.66. The Balaban J connectivity index is 1.54. The first-order valence-corrected chi connectivity index (χ1v) is 9.84. The molecule has 29 heavy (non-hydrogen) atoms. The topological polar surface area (TPSA) is 75.9 Å². The van der Waals surface area contributed by atoms with Gasteiger partial charge in [0, 0.05) is 31.0 Å². The van der Waals surface area contributed by atoms with E-state index in [0.29, 0.717) is 18.1 Å². The van der Waals surface area contributed by atoms with Gasteiger partial charge in [0.25, 0.3) is 0 Å². The van der Waals surface area contributed by atoms with Gasteiger partial charge in [-0.25, -0.2) is 4.39 Å². The lowest BCUT2D eigenvalue weighted by atomic mass is 9.86. The predicted molar refractivity (Wildman–Crippen MR) is 107 cm³/mol. The van der Waals surface area contributed by atoms with Crippen LogP contribution in [0.1, 0.15) is 42.0 Å². The zero-order valence-electron chi connectivity index (χ0n) is 16.1. The van der Waals surface area contributed by atoms with Crippen LogP contribution in [-0.4, -0.2) is 39.0 Å². The van der Waals surface area contributed by atoms with E-state index >= 15 is 0 Å². The van der Waals surface area contributed by atoms with Crippen LogP contribution < -0.4 is 10.2 Å². The highest BCUT2D eigenvalue weighted by atomic mass is 19.1. The minimum atomic E-state index is -0.296. The van der Waals surface area contributed by atoms with Gasteiger partial charge in [-0.15, -0.1) is 10.2 Å². The summed E-state index contributed by atoms with van der Waals surface area (Å²) in [5.74, 6) is 1.44. The Hall–Kier alpha value is -3.29. The van der Waals surface area contributed by atoms with Crippen molar-refractivity contribution in [2.45, 2.75) is 32.1 Å². The molecule has 2 aliphatic rings. The Morgan fingerprint density at radius 3 is 2.41 bits per heavy atom. The van der Waals surface area contributed by atoms with E-state index in [1.54, 1.807) is 16.8 Å². The molecule has 0 saturated carbocycles. The molecule has 0 bridgehead atoms. The molecule has 1 fully saturated rings. The fourth-order valence-corrected chi connectivity index (χ4v) is 4.24. The molecular formula is C21H21FN6O. The predicted octanol–water partition coefficient (Wildman–Crippen LogP) is 3.18.